The molecule has 1 saturated heterocycles. The summed E-state index contributed by atoms with van der Waals surface area (Å²) in [5.41, 5.74) is 1.87. The number of esters is 1. The second kappa shape index (κ2) is 6.03. The Labute approximate surface area is 128 Å². The van der Waals surface area contributed by atoms with Gasteiger partial charge in [0.05, 0.1) is 23.7 Å². The molecule has 0 spiro atoms. The summed E-state index contributed by atoms with van der Waals surface area (Å²) in [6.45, 7) is 2.47. The Kier molecular flexibility index (Phi) is 4.12. The minimum atomic E-state index is -0.110. The highest BCUT2D eigenvalue weighted by molar-refractivity contribution is 6.30. The Morgan fingerprint density at radius 2 is 2.33 bits per heavy atom. The quantitative estimate of drug-likeness (QED) is 0.817. The Hall–Kier alpha value is -1.59. The average molecular weight is 308 g/mol. The van der Waals surface area contributed by atoms with Crippen LogP contribution in [0.25, 0.3) is 5.65 Å². The topological polar surface area (TPSA) is 46.8 Å². The molecule has 0 aromatic carbocycles. The maximum absolute atomic E-state index is 11.7. The average Bonchev–Trinajstić information content (AvgIpc) is 2.88. The van der Waals surface area contributed by atoms with Gasteiger partial charge in [-0.2, -0.15) is 0 Å². The first-order chi connectivity index (χ1) is 10.2. The molecule has 1 aliphatic heterocycles. The number of carbonyl (C=O) groups is 1. The van der Waals surface area contributed by atoms with Crippen molar-refractivity contribution in [2.24, 2.45) is 5.92 Å². The Morgan fingerprint density at radius 3 is 3.14 bits per heavy atom. The molecular weight excluding hydrogens is 290 g/mol. The molecule has 5 nitrogen and oxygen atoms in total. The molecular formula is C15H18ClN3O2. The van der Waals surface area contributed by atoms with E-state index in [1.807, 2.05) is 28.9 Å². The maximum Gasteiger partial charge on any atom is 0.309 e. The molecule has 3 heterocycles. The Balaban J connectivity index is 1.71. The molecule has 1 fully saturated rings. The summed E-state index contributed by atoms with van der Waals surface area (Å²) >= 11 is 5.98. The number of pyridine rings is 1. The maximum atomic E-state index is 11.7. The van der Waals surface area contributed by atoms with Crippen LogP contribution in [0.5, 0.6) is 0 Å². The molecule has 0 bridgehead atoms. The van der Waals surface area contributed by atoms with Crippen LogP contribution in [0, 0.1) is 5.92 Å². The highest BCUT2D eigenvalue weighted by Crippen LogP contribution is 2.20. The van der Waals surface area contributed by atoms with Crippen LogP contribution in [0.3, 0.4) is 0 Å². The lowest BCUT2D eigenvalue weighted by atomic mass is 9.98. The number of piperidine rings is 1. The second-order valence-electron chi connectivity index (χ2n) is 5.44. The summed E-state index contributed by atoms with van der Waals surface area (Å²) in [6.07, 6.45) is 5.76. The van der Waals surface area contributed by atoms with Crippen LogP contribution in [0.15, 0.2) is 24.5 Å². The van der Waals surface area contributed by atoms with Gasteiger partial charge in [0.1, 0.15) is 5.65 Å². The fraction of sp³-hybridized carbons (Fsp3) is 0.467. The molecule has 6 heteroatoms. The lowest BCUT2D eigenvalue weighted by Crippen LogP contribution is -2.38. The molecule has 0 N–H and O–H groups in total. The molecule has 0 saturated carbocycles. The van der Waals surface area contributed by atoms with Gasteiger partial charge in [0.15, 0.2) is 0 Å². The van der Waals surface area contributed by atoms with E-state index >= 15 is 0 Å². The van der Waals surface area contributed by atoms with E-state index in [-0.39, 0.29) is 11.9 Å². The van der Waals surface area contributed by atoms with Gasteiger partial charge >= 0.3 is 5.97 Å². The van der Waals surface area contributed by atoms with E-state index in [2.05, 4.69) is 9.88 Å². The molecule has 1 aliphatic rings. The van der Waals surface area contributed by atoms with E-state index in [0.29, 0.717) is 5.02 Å². The molecule has 2 aromatic rings. The number of carbonyl (C=O) groups excluding carboxylic acids is 1. The van der Waals surface area contributed by atoms with Crippen LogP contribution >= 0.6 is 11.6 Å². The zero-order chi connectivity index (χ0) is 14.8. The number of hydrogen-bond acceptors (Lipinski definition) is 4. The van der Waals surface area contributed by atoms with Gasteiger partial charge < -0.3 is 9.14 Å². The SMILES string of the molecule is COC(=O)C1CCCN(Cc2cn3cc(Cl)ccc3n2)C1. The molecule has 0 radical (unpaired) electrons. The number of rotatable bonds is 3. The summed E-state index contributed by atoms with van der Waals surface area (Å²) in [4.78, 5) is 18.5. The summed E-state index contributed by atoms with van der Waals surface area (Å²) < 4.78 is 6.78. The standard InChI is InChI=1S/C15H18ClN3O2/c1-21-15(20)11-3-2-6-18(7-11)9-13-10-19-8-12(16)4-5-14(19)17-13/h4-5,8,10-11H,2-3,6-7,9H2,1H3. The lowest BCUT2D eigenvalue weighted by Gasteiger charge is -2.30. The smallest absolute Gasteiger partial charge is 0.309 e. The molecule has 3 rings (SSSR count). The van der Waals surface area contributed by atoms with Gasteiger partial charge in [0, 0.05) is 25.5 Å². The van der Waals surface area contributed by atoms with Crippen molar-refractivity contribution in [1.82, 2.24) is 14.3 Å². The zero-order valence-electron chi connectivity index (χ0n) is 12.0. The summed E-state index contributed by atoms with van der Waals surface area (Å²) in [5.74, 6) is -0.128. The minimum Gasteiger partial charge on any atom is -0.469 e. The minimum absolute atomic E-state index is 0.0183. The summed E-state index contributed by atoms with van der Waals surface area (Å²) in [7, 11) is 1.45. The van der Waals surface area contributed by atoms with E-state index in [1.165, 1.54) is 7.11 Å². The summed E-state index contributed by atoms with van der Waals surface area (Å²) in [6, 6.07) is 3.74. The van der Waals surface area contributed by atoms with Crippen molar-refractivity contribution in [3.05, 3.63) is 35.2 Å². The summed E-state index contributed by atoms with van der Waals surface area (Å²) in [5, 5.41) is 0.690. The van der Waals surface area contributed by atoms with E-state index in [9.17, 15) is 4.79 Å². The normalized spacial score (nSPS) is 19.8. The van der Waals surface area contributed by atoms with Gasteiger partial charge in [0.2, 0.25) is 0 Å². The van der Waals surface area contributed by atoms with E-state index in [0.717, 1.165) is 43.8 Å². The second-order valence-corrected chi connectivity index (χ2v) is 5.88. The van der Waals surface area contributed by atoms with Crippen LogP contribution in [0.1, 0.15) is 18.5 Å². The highest BCUT2D eigenvalue weighted by atomic mass is 35.5. The number of nitrogens with zero attached hydrogens (tertiary/aromatic N) is 3. The predicted octanol–water partition coefficient (Wildman–Crippen LogP) is 2.37. The monoisotopic (exact) mass is 307 g/mol. The number of methoxy groups -OCH3 is 1. The largest absolute Gasteiger partial charge is 0.469 e. The van der Waals surface area contributed by atoms with Crippen LogP contribution in [0.4, 0.5) is 0 Å². The first-order valence-electron chi connectivity index (χ1n) is 7.09. The third-order valence-corrected chi connectivity index (χ3v) is 4.11. The third-order valence-electron chi connectivity index (χ3n) is 3.89. The molecule has 21 heavy (non-hydrogen) atoms. The first-order valence-corrected chi connectivity index (χ1v) is 7.47. The van der Waals surface area contributed by atoms with Gasteiger partial charge in [-0.25, -0.2) is 4.98 Å². The number of aromatic nitrogens is 2. The highest BCUT2D eigenvalue weighted by Gasteiger charge is 2.26. The van der Waals surface area contributed by atoms with Crippen molar-refractivity contribution >= 4 is 23.2 Å². The van der Waals surface area contributed by atoms with Crippen molar-refractivity contribution in [2.75, 3.05) is 20.2 Å². The van der Waals surface area contributed by atoms with E-state index < -0.39 is 0 Å². The van der Waals surface area contributed by atoms with Crippen LogP contribution in [0.2, 0.25) is 5.02 Å². The van der Waals surface area contributed by atoms with Gasteiger partial charge in [-0.15, -0.1) is 0 Å². The number of imidazole rings is 1. The molecule has 0 aliphatic carbocycles. The Morgan fingerprint density at radius 1 is 1.48 bits per heavy atom. The van der Waals surface area contributed by atoms with Gasteiger partial charge in [-0.1, -0.05) is 11.6 Å². The van der Waals surface area contributed by atoms with Gasteiger partial charge in [-0.05, 0) is 31.5 Å². The van der Waals surface area contributed by atoms with Crippen molar-refractivity contribution in [1.29, 1.82) is 0 Å². The van der Waals surface area contributed by atoms with Crippen LogP contribution < -0.4 is 0 Å². The fourth-order valence-electron chi connectivity index (χ4n) is 2.88. The van der Waals surface area contributed by atoms with E-state index in [1.54, 1.807) is 0 Å². The molecule has 112 valence electrons. The molecule has 0 amide bonds. The Bertz CT molecular complexity index is 655. The number of hydrogen-bond donors (Lipinski definition) is 0. The number of halogens is 1. The van der Waals surface area contributed by atoms with Gasteiger partial charge in [-0.3, -0.25) is 9.69 Å². The van der Waals surface area contributed by atoms with E-state index in [4.69, 9.17) is 16.3 Å². The molecule has 1 unspecified atom stereocenters. The van der Waals surface area contributed by atoms with Crippen LogP contribution in [-0.4, -0.2) is 40.5 Å². The number of fused-ring (bicyclic) bond motifs is 1. The molecule has 2 aromatic heterocycles. The van der Waals surface area contributed by atoms with Gasteiger partial charge in [0.25, 0.3) is 0 Å². The predicted molar refractivity (Wildman–Crippen MR) is 80.2 cm³/mol. The zero-order valence-corrected chi connectivity index (χ0v) is 12.7. The van der Waals surface area contributed by atoms with Crippen molar-refractivity contribution in [3.63, 3.8) is 0 Å². The first kappa shape index (κ1) is 14.4. The molecule has 1 atom stereocenters. The van der Waals surface area contributed by atoms with Crippen molar-refractivity contribution in [3.8, 4) is 0 Å². The fourth-order valence-corrected chi connectivity index (χ4v) is 3.05. The van der Waals surface area contributed by atoms with Crippen molar-refractivity contribution < 1.29 is 9.53 Å². The van der Waals surface area contributed by atoms with Crippen LogP contribution in [-0.2, 0) is 16.1 Å². The van der Waals surface area contributed by atoms with Crippen molar-refractivity contribution in [2.45, 2.75) is 19.4 Å². The third kappa shape index (κ3) is 3.19. The lowest BCUT2D eigenvalue weighted by molar-refractivity contribution is -0.147. The number of likely N-dealkylation sites (tertiary alicyclic amines) is 1. The number of ether oxygens (including phenoxy) is 1.